The van der Waals surface area contributed by atoms with Crippen molar-refractivity contribution >= 4 is 45.9 Å². The average molecular weight is 438 g/mol. The van der Waals surface area contributed by atoms with Crippen molar-refractivity contribution < 1.29 is 34.2 Å². The molecule has 0 unspecified atom stereocenters. The molecule has 0 radical (unpaired) electrons. The normalized spacial score (nSPS) is 21.0. The van der Waals surface area contributed by atoms with Crippen LogP contribution in [0, 0.1) is 0 Å². The highest BCUT2D eigenvalue weighted by molar-refractivity contribution is 7.13. The van der Waals surface area contributed by atoms with Gasteiger partial charge in [-0.2, -0.15) is 0 Å². The first-order valence-corrected chi connectivity index (χ1v) is 9.34. The smallest absolute Gasteiger partial charge is 0.354 e. The van der Waals surface area contributed by atoms with Crippen molar-refractivity contribution in [2.24, 2.45) is 5.16 Å². The van der Waals surface area contributed by atoms with Crippen molar-refractivity contribution in [2.45, 2.75) is 25.4 Å². The summed E-state index contributed by atoms with van der Waals surface area (Å²) in [6.07, 6.45) is 0. The molecule has 30 heavy (non-hydrogen) atoms. The Balaban J connectivity index is 1.90. The molecule has 2 amide bonds. The minimum Gasteiger partial charge on any atom is -0.478 e. The van der Waals surface area contributed by atoms with Gasteiger partial charge in [-0.15, -0.1) is 11.3 Å². The molecule has 1 aromatic heterocycles. The SMILES string of the molecule is CO/N=C(\C(=O)N[C@H]1CN2N(C1=O)C(C(=O)O)=C(C(=O)O)C2(C)C)c1csc(N)n1. The van der Waals surface area contributed by atoms with Gasteiger partial charge in [0.15, 0.2) is 16.5 Å². The molecule has 3 rings (SSSR count). The van der Waals surface area contributed by atoms with Gasteiger partial charge in [-0.3, -0.25) is 9.59 Å². The van der Waals surface area contributed by atoms with Crippen molar-refractivity contribution in [3.8, 4) is 0 Å². The van der Waals surface area contributed by atoms with E-state index >= 15 is 0 Å². The molecule has 14 heteroatoms. The fraction of sp³-hybridized carbons (Fsp3) is 0.375. The average Bonchev–Trinajstić information content (AvgIpc) is 3.27. The van der Waals surface area contributed by atoms with Gasteiger partial charge in [0.1, 0.15) is 18.8 Å². The van der Waals surface area contributed by atoms with Crippen LogP contribution in [0.2, 0.25) is 0 Å². The molecule has 2 aliphatic heterocycles. The zero-order valence-electron chi connectivity index (χ0n) is 16.1. The molecule has 1 aromatic rings. The second kappa shape index (κ2) is 7.38. The van der Waals surface area contributed by atoms with Gasteiger partial charge in [-0.1, -0.05) is 5.16 Å². The summed E-state index contributed by atoms with van der Waals surface area (Å²) in [6.45, 7) is 2.81. The van der Waals surface area contributed by atoms with Crippen LogP contribution in [-0.2, 0) is 24.0 Å². The van der Waals surface area contributed by atoms with Gasteiger partial charge in [0, 0.05) is 11.9 Å². The second-order valence-electron chi connectivity index (χ2n) is 6.84. The third-order valence-electron chi connectivity index (χ3n) is 4.69. The molecule has 3 heterocycles. The summed E-state index contributed by atoms with van der Waals surface area (Å²) in [7, 11) is 1.23. The molecule has 2 aliphatic rings. The first-order chi connectivity index (χ1) is 14.0. The summed E-state index contributed by atoms with van der Waals surface area (Å²) < 4.78 is 0. The van der Waals surface area contributed by atoms with E-state index in [1.165, 1.54) is 31.3 Å². The Morgan fingerprint density at radius 3 is 2.53 bits per heavy atom. The highest BCUT2D eigenvalue weighted by atomic mass is 32.1. The van der Waals surface area contributed by atoms with E-state index in [1.54, 1.807) is 0 Å². The quantitative estimate of drug-likeness (QED) is 0.311. The van der Waals surface area contributed by atoms with E-state index in [4.69, 9.17) is 5.73 Å². The number of nitrogen functional groups attached to an aromatic ring is 1. The number of nitrogens with two attached hydrogens (primary N) is 1. The van der Waals surface area contributed by atoms with E-state index in [1.807, 2.05) is 0 Å². The van der Waals surface area contributed by atoms with Crippen LogP contribution in [0.15, 0.2) is 21.8 Å². The van der Waals surface area contributed by atoms with Crippen LogP contribution in [0.5, 0.6) is 0 Å². The van der Waals surface area contributed by atoms with Crippen LogP contribution in [0.25, 0.3) is 0 Å². The number of nitrogens with one attached hydrogen (secondary N) is 1. The number of carboxylic acid groups (broad SMARTS) is 2. The van der Waals surface area contributed by atoms with Crippen LogP contribution in [-0.4, -0.2) is 79.9 Å². The number of oxime groups is 1. The monoisotopic (exact) mass is 438 g/mol. The third-order valence-corrected chi connectivity index (χ3v) is 5.37. The summed E-state index contributed by atoms with van der Waals surface area (Å²) in [5, 5.41) is 28.9. The third kappa shape index (κ3) is 3.25. The maximum atomic E-state index is 12.9. The van der Waals surface area contributed by atoms with Crippen LogP contribution < -0.4 is 11.1 Å². The molecule has 0 saturated carbocycles. The lowest BCUT2D eigenvalue weighted by molar-refractivity contribution is -0.145. The Bertz CT molecular complexity index is 1010. The molecule has 1 atom stereocenters. The highest BCUT2D eigenvalue weighted by Gasteiger charge is 2.58. The van der Waals surface area contributed by atoms with E-state index in [0.717, 1.165) is 16.3 Å². The van der Waals surface area contributed by atoms with Crippen LogP contribution in [0.4, 0.5) is 5.13 Å². The maximum absolute atomic E-state index is 12.9. The Labute approximate surface area is 173 Å². The highest BCUT2D eigenvalue weighted by Crippen LogP contribution is 2.41. The molecule has 0 aliphatic carbocycles. The van der Waals surface area contributed by atoms with Crippen LogP contribution in [0.3, 0.4) is 0 Å². The number of fused-ring (bicyclic) bond motifs is 1. The first kappa shape index (κ1) is 21.2. The first-order valence-electron chi connectivity index (χ1n) is 8.47. The largest absolute Gasteiger partial charge is 0.478 e. The number of amides is 2. The van der Waals surface area contributed by atoms with Gasteiger partial charge < -0.3 is 26.1 Å². The van der Waals surface area contributed by atoms with Crippen molar-refractivity contribution in [3.63, 3.8) is 0 Å². The summed E-state index contributed by atoms with van der Waals surface area (Å²) in [5.41, 5.74) is 3.11. The van der Waals surface area contributed by atoms with Gasteiger partial charge in [-0.25, -0.2) is 24.6 Å². The van der Waals surface area contributed by atoms with Crippen LogP contribution >= 0.6 is 11.3 Å². The molecule has 0 spiro atoms. The predicted octanol–water partition coefficient (Wildman–Crippen LogP) is -1.16. The second-order valence-corrected chi connectivity index (χ2v) is 7.73. The molecule has 160 valence electrons. The predicted molar refractivity (Wildman–Crippen MR) is 102 cm³/mol. The number of rotatable bonds is 6. The summed E-state index contributed by atoms with van der Waals surface area (Å²) >= 11 is 1.08. The molecule has 1 fully saturated rings. The zero-order chi connectivity index (χ0) is 22.4. The number of hydrogen-bond donors (Lipinski definition) is 4. The number of anilines is 1. The molecular formula is C16H18N6O7S. The van der Waals surface area contributed by atoms with Crippen molar-refractivity contribution in [3.05, 3.63) is 22.3 Å². The topological polar surface area (TPSA) is 188 Å². The van der Waals surface area contributed by atoms with Crippen molar-refractivity contribution in [2.75, 3.05) is 19.4 Å². The van der Waals surface area contributed by atoms with E-state index in [9.17, 15) is 29.4 Å². The van der Waals surface area contributed by atoms with E-state index in [2.05, 4.69) is 20.3 Å². The Morgan fingerprint density at radius 1 is 1.37 bits per heavy atom. The van der Waals surface area contributed by atoms with Gasteiger partial charge >= 0.3 is 11.9 Å². The molecule has 1 saturated heterocycles. The lowest BCUT2D eigenvalue weighted by Crippen LogP contribution is -2.47. The van der Waals surface area contributed by atoms with E-state index < -0.39 is 46.6 Å². The number of nitrogens with zero attached hydrogens (tertiary/aromatic N) is 4. The molecule has 0 bridgehead atoms. The summed E-state index contributed by atoms with van der Waals surface area (Å²) in [4.78, 5) is 57.6. The fourth-order valence-corrected chi connectivity index (χ4v) is 3.97. The Morgan fingerprint density at radius 2 is 2.03 bits per heavy atom. The number of hydrogen-bond acceptors (Lipinski definition) is 10. The molecular weight excluding hydrogens is 420 g/mol. The summed E-state index contributed by atoms with van der Waals surface area (Å²) in [5.74, 6) is -4.60. The van der Waals surface area contributed by atoms with E-state index in [0.29, 0.717) is 0 Å². The van der Waals surface area contributed by atoms with E-state index in [-0.39, 0.29) is 23.1 Å². The molecule has 13 nitrogen and oxygen atoms in total. The number of carboxylic acids is 2. The van der Waals surface area contributed by atoms with Gasteiger partial charge in [-0.05, 0) is 13.8 Å². The van der Waals surface area contributed by atoms with Gasteiger partial charge in [0.2, 0.25) is 0 Å². The standard InChI is InChI=1S/C16H18N6O7S/c1-16(2)8(13(25)26)10(14(27)28)22-12(24)6(4-21(16)22)18-11(23)9(20-29-3)7-5-30-15(17)19-7/h5-6H,4H2,1-3H3,(H2,17,19)(H,18,23)(H,25,26)(H,27,28)/b20-9-/t6-/m0/s1. The lowest BCUT2D eigenvalue weighted by Gasteiger charge is -2.32. The number of carbonyl (C=O) groups excluding carboxylic acids is 2. The summed E-state index contributed by atoms with van der Waals surface area (Å²) in [6, 6.07) is -1.15. The zero-order valence-corrected chi connectivity index (χ0v) is 16.9. The fourth-order valence-electron chi connectivity index (χ4n) is 3.42. The van der Waals surface area contributed by atoms with Crippen molar-refractivity contribution in [1.29, 1.82) is 0 Å². The molecule has 0 aromatic carbocycles. The number of aromatic nitrogens is 1. The Hall–Kier alpha value is -3.52. The van der Waals surface area contributed by atoms with Crippen LogP contribution in [0.1, 0.15) is 19.5 Å². The van der Waals surface area contributed by atoms with Gasteiger partial charge in [0.25, 0.3) is 11.8 Å². The lowest BCUT2D eigenvalue weighted by atomic mass is 9.92. The number of carbonyl (C=O) groups is 4. The number of aliphatic carboxylic acids is 2. The van der Waals surface area contributed by atoms with Crippen molar-refractivity contribution in [1.82, 2.24) is 20.3 Å². The maximum Gasteiger partial charge on any atom is 0.354 e. The minimum atomic E-state index is -1.57. The van der Waals surface area contributed by atoms with Gasteiger partial charge in [0.05, 0.1) is 11.1 Å². The number of hydrazine groups is 1. The minimum absolute atomic E-state index is 0.141. The Kier molecular flexibility index (Phi) is 5.22. The molecule has 5 N–H and O–H groups in total. The number of thiazole rings is 1.